The van der Waals surface area contributed by atoms with E-state index >= 15 is 0 Å². The highest BCUT2D eigenvalue weighted by atomic mass is 15.1. The molecule has 406 valence electrons. The standard InChI is InChI=1S/C80H76N2/c1-11-13-61-19-27-67(28-20-61)75-43-39-71(47-55(75)5)81(69-35-31-65(32-36-69)63-23-15-53(3)16-24-63)73-41-45-77(57(7)49-73)79-51-60(10)80(52-59(79)9)78-46-42-74(50-58(78)8)82(70-37-33-66(34-38-70)64-25-17-54(4)18-26-64)72-40-44-76(56(6)48-72)68-29-21-62(14-12-2)22-30-68/h15-52H,11-14H2,1-10H3. The van der Waals surface area contributed by atoms with Crippen molar-refractivity contribution in [3.8, 4) is 66.8 Å². The second-order valence-electron chi connectivity index (χ2n) is 22.9. The molecule has 0 aliphatic carbocycles. The van der Waals surface area contributed by atoms with E-state index in [9.17, 15) is 0 Å². The van der Waals surface area contributed by atoms with Gasteiger partial charge in [-0.25, -0.2) is 0 Å². The predicted molar refractivity (Wildman–Crippen MR) is 354 cm³/mol. The fourth-order valence-corrected chi connectivity index (χ4v) is 12.1. The summed E-state index contributed by atoms with van der Waals surface area (Å²) in [7, 11) is 0. The highest BCUT2D eigenvalue weighted by Crippen LogP contribution is 2.44. The molecule has 0 spiro atoms. The first kappa shape index (κ1) is 55.0. The van der Waals surface area contributed by atoms with Crippen molar-refractivity contribution in [2.45, 2.75) is 94.9 Å². The van der Waals surface area contributed by atoms with Crippen LogP contribution in [0.15, 0.2) is 231 Å². The summed E-state index contributed by atoms with van der Waals surface area (Å²) in [4.78, 5) is 4.82. The third-order valence-electron chi connectivity index (χ3n) is 16.7. The van der Waals surface area contributed by atoms with Gasteiger partial charge in [0, 0.05) is 34.1 Å². The van der Waals surface area contributed by atoms with Crippen molar-refractivity contribution in [2.75, 3.05) is 9.80 Å². The maximum absolute atomic E-state index is 2.41. The Kier molecular flexibility index (Phi) is 16.1. The molecule has 0 radical (unpaired) electrons. The summed E-state index contributed by atoms with van der Waals surface area (Å²) in [5.74, 6) is 0. The molecule has 0 bridgehead atoms. The van der Waals surface area contributed by atoms with Crippen molar-refractivity contribution in [3.63, 3.8) is 0 Å². The zero-order valence-corrected chi connectivity index (χ0v) is 49.7. The number of benzene rings is 11. The summed E-state index contributed by atoms with van der Waals surface area (Å²) in [6, 6.07) is 86.6. The molecule has 0 N–H and O–H groups in total. The molecular formula is C80H76N2. The summed E-state index contributed by atoms with van der Waals surface area (Å²) in [6.07, 6.45) is 4.50. The Balaban J connectivity index is 0.914. The number of nitrogens with zero attached hydrogens (tertiary/aromatic N) is 2. The predicted octanol–water partition coefficient (Wildman–Crippen LogP) is 23.0. The minimum atomic E-state index is 1.10. The lowest BCUT2D eigenvalue weighted by Gasteiger charge is -2.28. The fraction of sp³-hybridized carbons (Fsp3) is 0.175. The van der Waals surface area contributed by atoms with Crippen LogP contribution in [0.3, 0.4) is 0 Å². The van der Waals surface area contributed by atoms with Gasteiger partial charge in [0.25, 0.3) is 0 Å². The molecular weight excluding hydrogens is 989 g/mol. The van der Waals surface area contributed by atoms with Crippen molar-refractivity contribution in [2.24, 2.45) is 0 Å². The van der Waals surface area contributed by atoms with Crippen LogP contribution in [0.25, 0.3) is 66.8 Å². The van der Waals surface area contributed by atoms with Crippen LogP contribution in [0.4, 0.5) is 34.1 Å². The molecule has 0 aromatic heterocycles. The number of aryl methyl sites for hydroxylation is 10. The molecule has 0 saturated carbocycles. The van der Waals surface area contributed by atoms with Crippen LogP contribution in [-0.2, 0) is 12.8 Å². The van der Waals surface area contributed by atoms with E-state index in [4.69, 9.17) is 0 Å². The van der Waals surface area contributed by atoms with Crippen LogP contribution in [0.5, 0.6) is 0 Å². The minimum Gasteiger partial charge on any atom is -0.310 e. The van der Waals surface area contributed by atoms with Crippen molar-refractivity contribution < 1.29 is 0 Å². The monoisotopic (exact) mass is 1060 g/mol. The minimum absolute atomic E-state index is 1.10. The van der Waals surface area contributed by atoms with E-state index < -0.39 is 0 Å². The Hall–Kier alpha value is -8.98. The zero-order valence-electron chi connectivity index (χ0n) is 49.7. The van der Waals surface area contributed by atoms with Crippen molar-refractivity contribution >= 4 is 34.1 Å². The fourth-order valence-electron chi connectivity index (χ4n) is 12.1. The molecule has 0 aliphatic rings. The second-order valence-corrected chi connectivity index (χ2v) is 22.9. The Morgan fingerprint density at radius 1 is 0.220 bits per heavy atom. The van der Waals surface area contributed by atoms with E-state index in [-0.39, 0.29) is 0 Å². The highest BCUT2D eigenvalue weighted by molar-refractivity contribution is 5.87. The first-order chi connectivity index (χ1) is 39.8. The smallest absolute Gasteiger partial charge is 0.0464 e. The Bertz CT molecular complexity index is 3760. The van der Waals surface area contributed by atoms with Gasteiger partial charge in [0.15, 0.2) is 0 Å². The van der Waals surface area contributed by atoms with Gasteiger partial charge in [-0.1, -0.05) is 196 Å². The van der Waals surface area contributed by atoms with E-state index in [0.717, 1.165) is 59.8 Å². The molecule has 0 saturated heterocycles. The third-order valence-corrected chi connectivity index (χ3v) is 16.7. The molecule has 2 nitrogen and oxygen atoms in total. The maximum Gasteiger partial charge on any atom is 0.0464 e. The highest BCUT2D eigenvalue weighted by Gasteiger charge is 2.20. The van der Waals surface area contributed by atoms with Crippen LogP contribution in [-0.4, -0.2) is 0 Å². The van der Waals surface area contributed by atoms with Crippen molar-refractivity contribution in [1.29, 1.82) is 0 Å². The molecule has 0 aliphatic heterocycles. The first-order valence-corrected chi connectivity index (χ1v) is 29.5. The molecule has 11 aromatic rings. The van der Waals surface area contributed by atoms with E-state index in [1.807, 2.05) is 0 Å². The maximum atomic E-state index is 2.41. The first-order valence-electron chi connectivity index (χ1n) is 29.5. The van der Waals surface area contributed by atoms with E-state index in [2.05, 4.69) is 310 Å². The Morgan fingerprint density at radius 3 is 0.744 bits per heavy atom. The Labute approximate surface area is 489 Å². The topological polar surface area (TPSA) is 6.48 Å². The molecule has 11 aromatic carbocycles. The van der Waals surface area contributed by atoms with E-state index in [1.54, 1.807) is 0 Å². The van der Waals surface area contributed by atoms with Gasteiger partial charge in [-0.05, 0) is 252 Å². The summed E-state index contributed by atoms with van der Waals surface area (Å²) in [5, 5.41) is 0. The largest absolute Gasteiger partial charge is 0.310 e. The lowest BCUT2D eigenvalue weighted by Crippen LogP contribution is -2.11. The van der Waals surface area contributed by atoms with Gasteiger partial charge in [0.2, 0.25) is 0 Å². The third kappa shape index (κ3) is 11.6. The molecule has 0 atom stereocenters. The molecule has 0 amide bonds. The van der Waals surface area contributed by atoms with Crippen molar-refractivity contribution in [1.82, 2.24) is 0 Å². The summed E-state index contributed by atoms with van der Waals surface area (Å²) >= 11 is 0. The second kappa shape index (κ2) is 24.0. The van der Waals surface area contributed by atoms with Crippen LogP contribution in [0.2, 0.25) is 0 Å². The van der Waals surface area contributed by atoms with Crippen LogP contribution in [0.1, 0.15) is 82.3 Å². The average molecular weight is 1070 g/mol. The number of hydrogen-bond donors (Lipinski definition) is 0. The van der Waals surface area contributed by atoms with E-state index in [0.29, 0.717) is 0 Å². The lowest BCUT2D eigenvalue weighted by molar-refractivity contribution is 0.922. The van der Waals surface area contributed by atoms with Crippen LogP contribution >= 0.6 is 0 Å². The Morgan fingerprint density at radius 2 is 0.463 bits per heavy atom. The molecule has 0 unspecified atom stereocenters. The summed E-state index contributed by atoms with van der Waals surface area (Å²) < 4.78 is 0. The van der Waals surface area contributed by atoms with Gasteiger partial charge >= 0.3 is 0 Å². The molecule has 11 rings (SSSR count). The molecule has 0 fully saturated rings. The van der Waals surface area contributed by atoms with Gasteiger partial charge < -0.3 is 9.80 Å². The van der Waals surface area contributed by atoms with E-state index in [1.165, 1.54) is 122 Å². The number of rotatable bonds is 16. The van der Waals surface area contributed by atoms with Gasteiger partial charge in [-0.3, -0.25) is 0 Å². The van der Waals surface area contributed by atoms with Gasteiger partial charge in [0.1, 0.15) is 0 Å². The zero-order chi connectivity index (χ0) is 57.0. The number of anilines is 6. The molecule has 2 heteroatoms. The normalized spacial score (nSPS) is 11.2. The van der Waals surface area contributed by atoms with Gasteiger partial charge in [0.05, 0.1) is 0 Å². The summed E-state index contributed by atoms with van der Waals surface area (Å²) in [5.41, 5.74) is 34.4. The van der Waals surface area contributed by atoms with Gasteiger partial charge in [-0.15, -0.1) is 0 Å². The summed E-state index contributed by atoms with van der Waals surface area (Å²) in [6.45, 7) is 22.3. The van der Waals surface area contributed by atoms with Crippen LogP contribution < -0.4 is 9.80 Å². The average Bonchev–Trinajstić information content (AvgIpc) is 3.68. The number of hydrogen-bond acceptors (Lipinski definition) is 2. The van der Waals surface area contributed by atoms with Crippen LogP contribution in [0, 0.1) is 55.4 Å². The quantitative estimate of drug-likeness (QED) is 0.0951. The van der Waals surface area contributed by atoms with Crippen molar-refractivity contribution in [3.05, 3.63) is 286 Å². The molecule has 82 heavy (non-hydrogen) atoms. The SMILES string of the molecule is CCCc1ccc(-c2ccc(N(c3ccc(-c4ccc(C)cc4)cc3)c3ccc(-c4cc(C)c(-c5ccc(N(c6ccc(-c7ccc(C)cc7)cc6)c6ccc(-c7ccc(CCC)cc7)c(C)c6)cc5C)cc4C)c(C)c3)cc2C)cc1. The molecule has 0 heterocycles. The lowest BCUT2D eigenvalue weighted by atomic mass is 9.88. The van der Waals surface area contributed by atoms with Gasteiger partial charge in [-0.2, -0.15) is 0 Å².